The number of benzene rings is 1. The Labute approximate surface area is 148 Å². The second-order valence-electron chi connectivity index (χ2n) is 6.00. The van der Waals surface area contributed by atoms with Gasteiger partial charge in [0.05, 0.1) is 12.1 Å². The van der Waals surface area contributed by atoms with Crippen molar-refractivity contribution in [3.63, 3.8) is 0 Å². The quantitative estimate of drug-likeness (QED) is 0.519. The average molecular weight is 360 g/mol. The first-order valence-corrected chi connectivity index (χ1v) is 8.54. The van der Waals surface area contributed by atoms with E-state index in [9.17, 15) is 14.0 Å². The van der Waals surface area contributed by atoms with Gasteiger partial charge >= 0.3 is 5.97 Å². The van der Waals surface area contributed by atoms with Crippen molar-refractivity contribution in [1.82, 2.24) is 9.97 Å². The molecule has 0 aliphatic heterocycles. The van der Waals surface area contributed by atoms with Crippen LogP contribution in [0.5, 0.6) is 0 Å². The zero-order valence-electron chi connectivity index (χ0n) is 14.6. The molecule has 0 fully saturated rings. The fourth-order valence-electron chi connectivity index (χ4n) is 3.22. The molecule has 0 radical (unpaired) electrons. The lowest BCUT2D eigenvalue weighted by molar-refractivity contribution is -0.136. The Morgan fingerprint density at radius 1 is 1.31 bits per heavy atom. The number of nitrogens with zero attached hydrogens (tertiary/aromatic N) is 1. The zero-order valence-corrected chi connectivity index (χ0v) is 14.6. The highest BCUT2D eigenvalue weighted by atomic mass is 19.1. The van der Waals surface area contributed by atoms with Gasteiger partial charge in [0.25, 0.3) is 5.56 Å². The van der Waals surface area contributed by atoms with Crippen LogP contribution in [0.15, 0.2) is 23.0 Å². The number of hydrogen-bond donors (Lipinski definition) is 4. The van der Waals surface area contributed by atoms with Crippen LogP contribution in [-0.4, -0.2) is 40.7 Å². The van der Waals surface area contributed by atoms with E-state index in [0.29, 0.717) is 46.4 Å². The lowest BCUT2D eigenvalue weighted by Gasteiger charge is -2.23. The number of fused-ring (bicyclic) bond motifs is 3. The van der Waals surface area contributed by atoms with Crippen LogP contribution in [0.25, 0.3) is 21.8 Å². The number of H-pyrrole nitrogens is 2. The molecule has 8 heteroatoms. The Bertz CT molecular complexity index is 1020. The van der Waals surface area contributed by atoms with Gasteiger partial charge in [0.15, 0.2) is 0 Å². The third-order valence-corrected chi connectivity index (χ3v) is 4.35. The molecule has 1 aromatic carbocycles. The maximum Gasteiger partial charge on any atom is 0.305 e. The standard InChI is InChI=1S/C18H21FN4O3/c1-3-20-17-16(23(4-2)8-7-13(24)25)14-11-9-10(19)5-6-12(11)21-18(26)15(14)22-17/h5-6,9,20,22H,3-4,7-8H2,1-2H3,(H,21,26)(H,24,25). The number of rotatable bonds is 7. The Kier molecular flexibility index (Phi) is 4.83. The van der Waals surface area contributed by atoms with Crippen molar-refractivity contribution in [2.24, 2.45) is 0 Å². The zero-order chi connectivity index (χ0) is 18.8. The van der Waals surface area contributed by atoms with Gasteiger partial charge in [-0.3, -0.25) is 9.59 Å². The van der Waals surface area contributed by atoms with E-state index in [2.05, 4.69) is 15.3 Å². The molecule has 0 unspecified atom stereocenters. The number of hydrogen-bond acceptors (Lipinski definition) is 4. The number of nitrogens with one attached hydrogen (secondary N) is 3. The molecule has 0 bridgehead atoms. The lowest BCUT2D eigenvalue weighted by atomic mass is 10.1. The molecular weight excluding hydrogens is 339 g/mol. The van der Waals surface area contributed by atoms with Crippen LogP contribution < -0.4 is 15.8 Å². The first-order chi connectivity index (χ1) is 12.5. The van der Waals surface area contributed by atoms with Crippen molar-refractivity contribution in [3.05, 3.63) is 34.4 Å². The van der Waals surface area contributed by atoms with Crippen molar-refractivity contribution in [3.8, 4) is 0 Å². The maximum atomic E-state index is 13.9. The Hall–Kier alpha value is -3.03. The van der Waals surface area contributed by atoms with E-state index in [4.69, 9.17) is 5.11 Å². The molecule has 3 aromatic rings. The van der Waals surface area contributed by atoms with E-state index < -0.39 is 11.8 Å². The average Bonchev–Trinajstić information content (AvgIpc) is 2.97. The molecule has 3 rings (SSSR count). The van der Waals surface area contributed by atoms with E-state index in [1.807, 2.05) is 18.7 Å². The van der Waals surface area contributed by atoms with E-state index in [1.54, 1.807) is 0 Å². The lowest BCUT2D eigenvalue weighted by Crippen LogP contribution is -2.26. The van der Waals surface area contributed by atoms with Crippen LogP contribution in [0, 0.1) is 5.82 Å². The van der Waals surface area contributed by atoms with Gasteiger partial charge in [-0.15, -0.1) is 0 Å². The number of carbonyl (C=O) groups is 1. The number of pyridine rings is 1. The van der Waals surface area contributed by atoms with Gasteiger partial charge in [0.2, 0.25) is 0 Å². The van der Waals surface area contributed by atoms with Gasteiger partial charge in [-0.1, -0.05) is 0 Å². The number of carboxylic acid groups (broad SMARTS) is 1. The fraction of sp³-hybridized carbons (Fsp3) is 0.333. The first-order valence-electron chi connectivity index (χ1n) is 8.54. The Morgan fingerprint density at radius 3 is 2.73 bits per heavy atom. The van der Waals surface area contributed by atoms with Gasteiger partial charge in [0, 0.05) is 35.9 Å². The monoisotopic (exact) mass is 360 g/mol. The van der Waals surface area contributed by atoms with Crippen molar-refractivity contribution in [1.29, 1.82) is 0 Å². The van der Waals surface area contributed by atoms with E-state index in [-0.39, 0.29) is 18.5 Å². The van der Waals surface area contributed by atoms with Crippen LogP contribution in [-0.2, 0) is 4.79 Å². The predicted octanol–water partition coefficient (Wildman–Crippen LogP) is 2.88. The van der Waals surface area contributed by atoms with E-state index >= 15 is 0 Å². The molecule has 0 saturated carbocycles. The van der Waals surface area contributed by atoms with Crippen molar-refractivity contribution in [2.45, 2.75) is 20.3 Å². The summed E-state index contributed by atoms with van der Waals surface area (Å²) in [6.07, 6.45) is -0.0401. The molecule has 0 atom stereocenters. The first kappa shape index (κ1) is 17.8. The minimum atomic E-state index is -0.901. The number of halogens is 1. The van der Waals surface area contributed by atoms with E-state index in [0.717, 1.165) is 0 Å². The molecule has 138 valence electrons. The molecule has 0 aliphatic carbocycles. The van der Waals surface area contributed by atoms with Gasteiger partial charge in [0.1, 0.15) is 17.2 Å². The normalized spacial score (nSPS) is 11.2. The van der Waals surface area contributed by atoms with E-state index in [1.165, 1.54) is 18.2 Å². The van der Waals surface area contributed by atoms with Gasteiger partial charge in [-0.05, 0) is 32.0 Å². The summed E-state index contributed by atoms with van der Waals surface area (Å²) in [4.78, 5) is 31.2. The summed E-state index contributed by atoms with van der Waals surface area (Å²) in [5.74, 6) is -0.685. The maximum absolute atomic E-state index is 13.9. The summed E-state index contributed by atoms with van der Waals surface area (Å²) < 4.78 is 13.9. The predicted molar refractivity (Wildman–Crippen MR) is 101 cm³/mol. The number of anilines is 2. The number of carboxylic acids is 1. The highest BCUT2D eigenvalue weighted by Crippen LogP contribution is 2.37. The highest BCUT2D eigenvalue weighted by Gasteiger charge is 2.21. The van der Waals surface area contributed by atoms with Crippen LogP contribution in [0.4, 0.5) is 15.9 Å². The SMILES string of the molecule is CCNc1[nH]c2c(=O)[nH]c3ccc(F)cc3c2c1N(CC)CCC(=O)O. The molecule has 0 saturated heterocycles. The summed E-state index contributed by atoms with van der Waals surface area (Å²) in [7, 11) is 0. The van der Waals surface area contributed by atoms with Crippen molar-refractivity contribution < 1.29 is 14.3 Å². The van der Waals surface area contributed by atoms with Crippen molar-refractivity contribution >= 4 is 39.3 Å². The Balaban J connectivity index is 2.34. The summed E-state index contributed by atoms with van der Waals surface area (Å²) in [5, 5.41) is 13.4. The summed E-state index contributed by atoms with van der Waals surface area (Å²) >= 11 is 0. The van der Waals surface area contributed by atoms with Gasteiger partial charge in [-0.2, -0.15) is 0 Å². The Morgan fingerprint density at radius 2 is 2.08 bits per heavy atom. The smallest absolute Gasteiger partial charge is 0.305 e. The minimum absolute atomic E-state index is 0.0401. The molecule has 4 N–H and O–H groups in total. The third kappa shape index (κ3) is 3.10. The summed E-state index contributed by atoms with van der Waals surface area (Å²) in [6.45, 7) is 5.26. The molecule has 2 heterocycles. The molecule has 0 amide bonds. The highest BCUT2D eigenvalue weighted by molar-refractivity contribution is 6.14. The third-order valence-electron chi connectivity index (χ3n) is 4.35. The molecule has 0 aliphatic rings. The molecule has 7 nitrogen and oxygen atoms in total. The number of aromatic nitrogens is 2. The van der Waals surface area contributed by atoms with Crippen LogP contribution in [0.1, 0.15) is 20.3 Å². The molecule has 26 heavy (non-hydrogen) atoms. The summed E-state index contributed by atoms with van der Waals surface area (Å²) in [6, 6.07) is 4.21. The van der Waals surface area contributed by atoms with Gasteiger partial charge in [-0.25, -0.2) is 4.39 Å². The molecule has 0 spiro atoms. The fourth-order valence-corrected chi connectivity index (χ4v) is 3.22. The number of aromatic amines is 2. The second kappa shape index (κ2) is 7.07. The van der Waals surface area contributed by atoms with Crippen molar-refractivity contribution in [2.75, 3.05) is 29.9 Å². The molecular formula is C18H21FN4O3. The largest absolute Gasteiger partial charge is 0.481 e. The molecule has 2 aromatic heterocycles. The minimum Gasteiger partial charge on any atom is -0.481 e. The summed E-state index contributed by atoms with van der Waals surface area (Å²) in [5.41, 5.74) is 1.25. The van der Waals surface area contributed by atoms with Crippen LogP contribution in [0.3, 0.4) is 0 Å². The van der Waals surface area contributed by atoms with Crippen LogP contribution in [0.2, 0.25) is 0 Å². The topological polar surface area (TPSA) is 101 Å². The second-order valence-corrected chi connectivity index (χ2v) is 6.00. The van der Waals surface area contributed by atoms with Gasteiger partial charge < -0.3 is 25.3 Å². The number of aliphatic carboxylic acids is 1. The van der Waals surface area contributed by atoms with Crippen LogP contribution >= 0.6 is 0 Å².